The normalized spacial score (nSPS) is 13.1. The molecule has 0 aliphatic carbocycles. The number of primary amides is 1. The molecule has 0 radical (unpaired) electrons. The quantitative estimate of drug-likeness (QED) is 0.153. The number of carboxylic acids is 2. The van der Waals surface area contributed by atoms with E-state index in [1.807, 2.05) is 0 Å². The molecule has 13 heteroatoms. The van der Waals surface area contributed by atoms with Crippen LogP contribution in [-0.2, 0) is 35.2 Å². The summed E-state index contributed by atoms with van der Waals surface area (Å²) in [5, 5.41) is 24.6. The molecule has 0 saturated carbocycles. The van der Waals surface area contributed by atoms with Gasteiger partial charge in [-0.25, -0.2) is 4.79 Å². The van der Waals surface area contributed by atoms with Gasteiger partial charge < -0.3 is 37.6 Å². The fourth-order valence-electron chi connectivity index (χ4n) is 2.70. The summed E-state index contributed by atoms with van der Waals surface area (Å²) in [6.45, 7) is -0.589. The summed E-state index contributed by atoms with van der Waals surface area (Å²) in [6.07, 6.45) is -1.27. The maximum Gasteiger partial charge on any atom is 0.326 e. The van der Waals surface area contributed by atoms with E-state index in [1.54, 1.807) is 30.3 Å². The smallest absolute Gasteiger partial charge is 0.326 e. The Morgan fingerprint density at radius 3 is 2.09 bits per heavy atom. The predicted octanol–water partition coefficient (Wildman–Crippen LogP) is -2.53. The zero-order chi connectivity index (χ0) is 25.0. The van der Waals surface area contributed by atoms with E-state index in [-0.39, 0.29) is 19.3 Å². The highest BCUT2D eigenvalue weighted by molar-refractivity contribution is 5.94. The minimum absolute atomic E-state index is 0.222. The van der Waals surface area contributed by atoms with Crippen molar-refractivity contribution in [1.82, 2.24) is 16.0 Å². The van der Waals surface area contributed by atoms with Gasteiger partial charge in [0.1, 0.15) is 12.1 Å². The molecule has 1 rings (SSSR count). The van der Waals surface area contributed by atoms with E-state index in [0.29, 0.717) is 0 Å². The topological polar surface area (TPSA) is 231 Å². The summed E-state index contributed by atoms with van der Waals surface area (Å²) in [6, 6.07) is 4.84. The summed E-state index contributed by atoms with van der Waals surface area (Å²) in [5.41, 5.74) is 11.6. The number of carboxylic acid groups (broad SMARTS) is 2. The summed E-state index contributed by atoms with van der Waals surface area (Å²) >= 11 is 0. The predicted molar refractivity (Wildman–Crippen MR) is 113 cm³/mol. The van der Waals surface area contributed by atoms with Crippen LogP contribution in [0.4, 0.5) is 0 Å². The minimum atomic E-state index is -1.62. The van der Waals surface area contributed by atoms with Gasteiger partial charge in [-0.15, -0.1) is 0 Å². The fraction of sp³-hybridized carbons (Fsp3) is 0.400. The van der Waals surface area contributed by atoms with Crippen LogP contribution in [0.5, 0.6) is 0 Å². The van der Waals surface area contributed by atoms with Gasteiger partial charge in [0.15, 0.2) is 0 Å². The Bertz CT molecular complexity index is 876. The molecule has 3 unspecified atom stereocenters. The Morgan fingerprint density at radius 2 is 1.55 bits per heavy atom. The minimum Gasteiger partial charge on any atom is -0.481 e. The molecule has 0 heterocycles. The van der Waals surface area contributed by atoms with Gasteiger partial charge in [-0.2, -0.15) is 0 Å². The second kappa shape index (κ2) is 13.4. The third-order valence-corrected chi connectivity index (χ3v) is 4.38. The molecular weight excluding hydrogens is 438 g/mol. The van der Waals surface area contributed by atoms with Crippen LogP contribution in [-0.4, -0.2) is 70.5 Å². The van der Waals surface area contributed by atoms with Gasteiger partial charge in [-0.3, -0.25) is 24.0 Å². The van der Waals surface area contributed by atoms with Gasteiger partial charge in [0.05, 0.1) is 19.0 Å². The molecule has 0 aliphatic heterocycles. The van der Waals surface area contributed by atoms with Crippen LogP contribution in [0.15, 0.2) is 30.3 Å². The van der Waals surface area contributed by atoms with Gasteiger partial charge in [0, 0.05) is 6.42 Å². The number of nitrogens with one attached hydrogen (secondary N) is 3. The Kier molecular flexibility index (Phi) is 11.0. The van der Waals surface area contributed by atoms with E-state index in [9.17, 15) is 28.8 Å². The number of rotatable bonds is 14. The molecule has 33 heavy (non-hydrogen) atoms. The number of hydrogen-bond acceptors (Lipinski definition) is 7. The van der Waals surface area contributed by atoms with Crippen LogP contribution in [0.1, 0.15) is 24.8 Å². The van der Waals surface area contributed by atoms with E-state index in [2.05, 4.69) is 16.0 Å². The third kappa shape index (κ3) is 10.7. The molecule has 0 spiro atoms. The highest BCUT2D eigenvalue weighted by atomic mass is 16.4. The maximum absolute atomic E-state index is 12.3. The van der Waals surface area contributed by atoms with Crippen LogP contribution < -0.4 is 27.4 Å². The van der Waals surface area contributed by atoms with Gasteiger partial charge in [-0.05, 0) is 18.4 Å². The SMILES string of the molecule is NC(=O)CCC(NC(=O)C(CC(=O)O)NC(=O)CNC(=O)C(N)Cc1ccccc1)C(=O)O. The van der Waals surface area contributed by atoms with Gasteiger partial charge >= 0.3 is 11.9 Å². The van der Waals surface area contributed by atoms with Crippen molar-refractivity contribution >= 4 is 35.6 Å². The van der Waals surface area contributed by atoms with Crippen molar-refractivity contribution in [3.05, 3.63) is 35.9 Å². The monoisotopic (exact) mass is 465 g/mol. The average Bonchev–Trinajstić information content (AvgIpc) is 2.74. The third-order valence-electron chi connectivity index (χ3n) is 4.38. The number of amides is 4. The van der Waals surface area contributed by atoms with E-state index >= 15 is 0 Å². The number of carbonyl (C=O) groups is 6. The van der Waals surface area contributed by atoms with Crippen molar-refractivity contribution in [2.45, 2.75) is 43.8 Å². The molecule has 0 fully saturated rings. The van der Waals surface area contributed by atoms with E-state index < -0.39 is 66.7 Å². The lowest BCUT2D eigenvalue weighted by Crippen LogP contribution is -2.54. The summed E-state index contributed by atoms with van der Waals surface area (Å²) in [7, 11) is 0. The highest BCUT2D eigenvalue weighted by Crippen LogP contribution is 2.02. The summed E-state index contributed by atoms with van der Waals surface area (Å²) < 4.78 is 0. The molecule has 4 amide bonds. The van der Waals surface area contributed by atoms with E-state index in [0.717, 1.165) is 5.56 Å². The first-order chi connectivity index (χ1) is 15.5. The number of carbonyl (C=O) groups excluding carboxylic acids is 4. The molecule has 13 nitrogen and oxygen atoms in total. The molecule has 9 N–H and O–H groups in total. The number of hydrogen-bond donors (Lipinski definition) is 7. The summed E-state index contributed by atoms with van der Waals surface area (Å²) in [4.78, 5) is 69.8. The Morgan fingerprint density at radius 1 is 0.909 bits per heavy atom. The molecule has 3 atom stereocenters. The zero-order valence-corrected chi connectivity index (χ0v) is 17.7. The van der Waals surface area contributed by atoms with Crippen LogP contribution in [0.25, 0.3) is 0 Å². The molecule has 0 saturated heterocycles. The molecule has 0 aromatic heterocycles. The zero-order valence-electron chi connectivity index (χ0n) is 17.7. The van der Waals surface area contributed by atoms with Crippen LogP contribution in [0.3, 0.4) is 0 Å². The first kappa shape index (κ1) is 27.0. The fourth-order valence-corrected chi connectivity index (χ4v) is 2.70. The highest BCUT2D eigenvalue weighted by Gasteiger charge is 2.28. The van der Waals surface area contributed by atoms with Crippen molar-refractivity contribution < 1.29 is 39.0 Å². The van der Waals surface area contributed by atoms with Crippen molar-refractivity contribution in [2.75, 3.05) is 6.54 Å². The van der Waals surface area contributed by atoms with E-state index in [4.69, 9.17) is 21.7 Å². The molecule has 1 aromatic carbocycles. The second-order valence-electron chi connectivity index (χ2n) is 7.14. The van der Waals surface area contributed by atoms with Crippen LogP contribution >= 0.6 is 0 Å². The summed E-state index contributed by atoms with van der Waals surface area (Å²) in [5.74, 6) is -6.30. The molecule has 1 aromatic rings. The average molecular weight is 465 g/mol. The van der Waals surface area contributed by atoms with Crippen molar-refractivity contribution in [2.24, 2.45) is 11.5 Å². The maximum atomic E-state index is 12.3. The largest absolute Gasteiger partial charge is 0.481 e. The first-order valence-electron chi connectivity index (χ1n) is 9.89. The lowest BCUT2D eigenvalue weighted by atomic mass is 10.1. The number of nitrogens with two attached hydrogens (primary N) is 2. The Labute approximate surface area is 188 Å². The standard InChI is InChI=1S/C20H27N5O8/c21-12(8-11-4-2-1-3-5-11)18(30)23-10-16(27)24-14(9-17(28)29)19(31)25-13(20(32)33)6-7-15(22)26/h1-5,12-14H,6-10,21H2,(H2,22,26)(H,23,30)(H,24,27)(H,25,31)(H,28,29)(H,32,33). The first-order valence-corrected chi connectivity index (χ1v) is 9.89. The lowest BCUT2D eigenvalue weighted by molar-refractivity contribution is -0.143. The molecule has 0 aliphatic rings. The van der Waals surface area contributed by atoms with Gasteiger partial charge in [0.2, 0.25) is 23.6 Å². The van der Waals surface area contributed by atoms with Crippen molar-refractivity contribution in [3.63, 3.8) is 0 Å². The lowest BCUT2D eigenvalue weighted by Gasteiger charge is -2.20. The number of aliphatic carboxylic acids is 2. The van der Waals surface area contributed by atoms with Gasteiger partial charge in [-0.1, -0.05) is 30.3 Å². The number of benzene rings is 1. The van der Waals surface area contributed by atoms with Crippen LogP contribution in [0, 0.1) is 0 Å². The Hall–Kier alpha value is -4.00. The molecular formula is C20H27N5O8. The Balaban J connectivity index is 2.65. The molecule has 180 valence electrons. The molecule has 0 bridgehead atoms. The van der Waals surface area contributed by atoms with E-state index in [1.165, 1.54) is 0 Å². The van der Waals surface area contributed by atoms with Gasteiger partial charge in [0.25, 0.3) is 0 Å². The van der Waals surface area contributed by atoms with Crippen molar-refractivity contribution in [1.29, 1.82) is 0 Å². The van der Waals surface area contributed by atoms with Crippen molar-refractivity contribution in [3.8, 4) is 0 Å². The second-order valence-corrected chi connectivity index (χ2v) is 7.14. The van der Waals surface area contributed by atoms with Crippen LogP contribution in [0.2, 0.25) is 0 Å².